The normalized spacial score (nSPS) is 14.5. The zero-order chi connectivity index (χ0) is 20.0. The van der Waals surface area contributed by atoms with Crippen LogP contribution in [-0.4, -0.2) is 48.3 Å². The number of fused-ring (bicyclic) bond motifs is 1. The van der Waals surface area contributed by atoms with E-state index in [1.807, 2.05) is 36.5 Å². The van der Waals surface area contributed by atoms with Gasteiger partial charge in [-0.1, -0.05) is 20.8 Å². The minimum absolute atomic E-state index is 0.0393. The molecule has 0 aliphatic carbocycles. The minimum Gasteiger partial charge on any atom is -0.338 e. The summed E-state index contributed by atoms with van der Waals surface area (Å²) in [7, 11) is 0. The van der Waals surface area contributed by atoms with Crippen LogP contribution in [0.5, 0.6) is 0 Å². The lowest BCUT2D eigenvalue weighted by molar-refractivity contribution is -0.136. The zero-order valence-electron chi connectivity index (χ0n) is 16.0. The maximum atomic E-state index is 13.0. The van der Waals surface area contributed by atoms with E-state index in [0.717, 1.165) is 5.56 Å². The summed E-state index contributed by atoms with van der Waals surface area (Å²) in [5, 5.41) is 17.8. The molecule has 0 atom stereocenters. The Kier molecular flexibility index (Phi) is 4.26. The van der Waals surface area contributed by atoms with Crippen molar-refractivity contribution in [1.82, 2.24) is 29.3 Å². The van der Waals surface area contributed by atoms with Gasteiger partial charge in [0.05, 0.1) is 24.1 Å². The number of aromatic nitrogens is 5. The molecule has 3 aromatic heterocycles. The maximum Gasteiger partial charge on any atom is 0.278 e. The summed E-state index contributed by atoms with van der Waals surface area (Å²) in [6.45, 7) is 7.02. The molecule has 0 saturated carbocycles. The molecule has 1 fully saturated rings. The molecule has 0 radical (unpaired) electrons. The van der Waals surface area contributed by atoms with Crippen LogP contribution in [0.25, 0.3) is 16.9 Å². The monoisotopic (exact) mass is 379 g/mol. The minimum atomic E-state index is -0.239. The van der Waals surface area contributed by atoms with E-state index in [0.29, 0.717) is 42.0 Å². The van der Waals surface area contributed by atoms with Crippen molar-refractivity contribution in [2.45, 2.75) is 39.2 Å². The van der Waals surface area contributed by atoms with Crippen molar-refractivity contribution >= 4 is 11.6 Å². The van der Waals surface area contributed by atoms with Gasteiger partial charge in [0.1, 0.15) is 11.6 Å². The smallest absolute Gasteiger partial charge is 0.278 e. The van der Waals surface area contributed by atoms with Crippen LogP contribution in [0.3, 0.4) is 0 Å². The highest BCUT2D eigenvalue weighted by atomic mass is 16.2. The third kappa shape index (κ3) is 2.69. The molecule has 1 N–H and O–H groups in total. The summed E-state index contributed by atoms with van der Waals surface area (Å²) in [5.74, 6) is 0.105. The highest BCUT2D eigenvalue weighted by molar-refractivity contribution is 5.76. The zero-order valence-corrected chi connectivity index (χ0v) is 16.0. The number of rotatable bonds is 4. The lowest BCUT2D eigenvalue weighted by Crippen LogP contribution is -2.50. The molecule has 28 heavy (non-hydrogen) atoms. The molecule has 0 bridgehead atoms. The maximum absolute atomic E-state index is 13.0. The summed E-state index contributed by atoms with van der Waals surface area (Å²) in [5.41, 5.74) is 2.47. The summed E-state index contributed by atoms with van der Waals surface area (Å²) in [4.78, 5) is 29.7. The highest BCUT2D eigenvalue weighted by Gasteiger charge is 2.32. The van der Waals surface area contributed by atoms with Crippen molar-refractivity contribution in [1.29, 1.82) is 5.26 Å². The summed E-state index contributed by atoms with van der Waals surface area (Å²) in [6.07, 6.45) is 5.48. The van der Waals surface area contributed by atoms with Gasteiger partial charge in [-0.05, 0) is 5.92 Å². The first-order chi connectivity index (χ1) is 13.4. The fourth-order valence-corrected chi connectivity index (χ4v) is 3.59. The van der Waals surface area contributed by atoms with Gasteiger partial charge in [0.15, 0.2) is 5.65 Å². The first-order valence-electron chi connectivity index (χ1n) is 9.30. The molecule has 3 aromatic rings. The molecule has 0 unspecified atom stereocenters. The third-order valence-corrected chi connectivity index (χ3v) is 5.18. The van der Waals surface area contributed by atoms with E-state index in [2.05, 4.69) is 21.3 Å². The van der Waals surface area contributed by atoms with Gasteiger partial charge in [-0.3, -0.25) is 14.3 Å². The van der Waals surface area contributed by atoms with Crippen LogP contribution in [0.15, 0.2) is 23.4 Å². The number of nitrogens with one attached hydrogen (secondary N) is 1. The lowest BCUT2D eigenvalue weighted by atomic mass is 10.00. The molecule has 4 heterocycles. The summed E-state index contributed by atoms with van der Waals surface area (Å²) in [6, 6.07) is 2.19. The van der Waals surface area contributed by atoms with Crippen LogP contribution in [0.1, 0.15) is 50.3 Å². The predicted octanol–water partition coefficient (Wildman–Crippen LogP) is 1.67. The summed E-state index contributed by atoms with van der Waals surface area (Å²) >= 11 is 0. The van der Waals surface area contributed by atoms with Gasteiger partial charge >= 0.3 is 0 Å². The van der Waals surface area contributed by atoms with Gasteiger partial charge in [-0.15, -0.1) is 0 Å². The number of carbonyl (C=O) groups excluding carboxylic acids is 1. The highest BCUT2D eigenvalue weighted by Crippen LogP contribution is 2.28. The molecule has 144 valence electrons. The SMILES string of the molecule is CCC(=O)N1CC(n2cc(-c3[nH]c4c(C#N)cnn4c(=O)c3C(C)C)cn2)C1. The first kappa shape index (κ1) is 18.0. The Morgan fingerprint density at radius 2 is 2.11 bits per heavy atom. The van der Waals surface area contributed by atoms with Gasteiger partial charge in [0.2, 0.25) is 5.91 Å². The second kappa shape index (κ2) is 6.64. The van der Waals surface area contributed by atoms with Crippen LogP contribution in [-0.2, 0) is 4.79 Å². The molecule has 0 aromatic carbocycles. The molecular weight excluding hydrogens is 358 g/mol. The second-order valence-electron chi connectivity index (χ2n) is 7.32. The van der Waals surface area contributed by atoms with Crippen molar-refractivity contribution in [3.05, 3.63) is 40.1 Å². The Bertz CT molecular complexity index is 1160. The van der Waals surface area contributed by atoms with Crippen LogP contribution < -0.4 is 5.56 Å². The van der Waals surface area contributed by atoms with Gasteiger partial charge in [-0.2, -0.15) is 20.0 Å². The van der Waals surface area contributed by atoms with Gasteiger partial charge in [0.25, 0.3) is 5.56 Å². The molecule has 1 saturated heterocycles. The van der Waals surface area contributed by atoms with Crippen LogP contribution in [0.4, 0.5) is 0 Å². The topological polar surface area (TPSA) is 112 Å². The van der Waals surface area contributed by atoms with E-state index >= 15 is 0 Å². The molecule has 9 nitrogen and oxygen atoms in total. The number of nitrogens with zero attached hydrogens (tertiary/aromatic N) is 6. The number of hydrogen-bond donors (Lipinski definition) is 1. The molecular formula is C19H21N7O2. The standard InChI is InChI=1S/C19H21N7O2/c1-4-15(27)24-9-14(10-24)25-8-13(7-21-25)17-16(11(2)3)19(28)26-18(23-17)12(5-20)6-22-26/h6-8,11,14,23H,4,9-10H2,1-3H3. The fourth-order valence-electron chi connectivity index (χ4n) is 3.59. The number of carbonyl (C=O) groups is 1. The summed E-state index contributed by atoms with van der Waals surface area (Å²) < 4.78 is 3.07. The average Bonchev–Trinajstić information content (AvgIpc) is 3.26. The van der Waals surface area contributed by atoms with E-state index in [-0.39, 0.29) is 23.4 Å². The Hall–Kier alpha value is -3.41. The van der Waals surface area contributed by atoms with Crippen LogP contribution >= 0.6 is 0 Å². The van der Waals surface area contributed by atoms with Crippen molar-refractivity contribution in [2.75, 3.05) is 13.1 Å². The molecule has 1 aliphatic rings. The Morgan fingerprint density at radius 3 is 2.75 bits per heavy atom. The predicted molar refractivity (Wildman–Crippen MR) is 102 cm³/mol. The molecule has 4 rings (SSSR count). The first-order valence-corrected chi connectivity index (χ1v) is 9.30. The Balaban J connectivity index is 1.75. The van der Waals surface area contributed by atoms with E-state index in [9.17, 15) is 14.9 Å². The number of hydrogen-bond acceptors (Lipinski definition) is 5. The number of H-pyrrole nitrogens is 1. The van der Waals surface area contributed by atoms with Crippen LogP contribution in [0, 0.1) is 11.3 Å². The van der Waals surface area contributed by atoms with Crippen molar-refractivity contribution in [3.63, 3.8) is 0 Å². The Labute approximate surface area is 161 Å². The van der Waals surface area contributed by atoms with Crippen molar-refractivity contribution < 1.29 is 4.79 Å². The third-order valence-electron chi connectivity index (χ3n) is 5.18. The van der Waals surface area contributed by atoms with E-state index in [4.69, 9.17) is 0 Å². The number of nitriles is 1. The number of likely N-dealkylation sites (tertiary alicyclic amines) is 1. The number of aromatic amines is 1. The Morgan fingerprint density at radius 1 is 1.36 bits per heavy atom. The van der Waals surface area contributed by atoms with Crippen molar-refractivity contribution in [2.24, 2.45) is 0 Å². The van der Waals surface area contributed by atoms with E-state index < -0.39 is 0 Å². The average molecular weight is 379 g/mol. The van der Waals surface area contributed by atoms with Crippen LogP contribution in [0.2, 0.25) is 0 Å². The van der Waals surface area contributed by atoms with Gasteiger partial charge in [0, 0.05) is 36.8 Å². The van der Waals surface area contributed by atoms with Crippen molar-refractivity contribution in [3.8, 4) is 17.3 Å². The lowest BCUT2D eigenvalue weighted by Gasteiger charge is -2.39. The fraction of sp³-hybridized carbons (Fsp3) is 0.421. The molecule has 0 spiro atoms. The van der Waals surface area contributed by atoms with E-state index in [1.165, 1.54) is 10.7 Å². The molecule has 1 amide bonds. The number of amides is 1. The van der Waals surface area contributed by atoms with Gasteiger partial charge in [-0.25, -0.2) is 0 Å². The van der Waals surface area contributed by atoms with Gasteiger partial charge < -0.3 is 9.88 Å². The molecule has 9 heteroatoms. The largest absolute Gasteiger partial charge is 0.338 e. The molecule has 1 aliphatic heterocycles. The quantitative estimate of drug-likeness (QED) is 0.741. The second-order valence-corrected chi connectivity index (χ2v) is 7.32. The van der Waals surface area contributed by atoms with E-state index in [1.54, 1.807) is 6.20 Å².